The Morgan fingerprint density at radius 3 is 1.66 bits per heavy atom. The van der Waals surface area contributed by atoms with E-state index in [0.717, 1.165) is 22.6 Å². The molecule has 1 aliphatic carbocycles. The van der Waals surface area contributed by atoms with Crippen molar-refractivity contribution < 1.29 is 9.16 Å². The van der Waals surface area contributed by atoms with Crippen molar-refractivity contribution in [3.63, 3.8) is 0 Å². The van der Waals surface area contributed by atoms with Gasteiger partial charge in [-0.1, -0.05) is 184 Å². The van der Waals surface area contributed by atoms with E-state index in [9.17, 15) is 4.79 Å². The summed E-state index contributed by atoms with van der Waals surface area (Å²) in [4.78, 5) is 20.8. The molecule has 0 bridgehead atoms. The van der Waals surface area contributed by atoms with E-state index in [0.29, 0.717) is 18.7 Å². The predicted octanol–water partition coefficient (Wildman–Crippen LogP) is 7.35. The highest BCUT2D eigenvalue weighted by Gasteiger charge is 2.52. The lowest BCUT2D eigenvalue weighted by Gasteiger charge is -2.51. The summed E-state index contributed by atoms with van der Waals surface area (Å²) in [6, 6.07) is 53.1. The number of nitrogens with two attached hydrogens (primary N) is 1. The van der Waals surface area contributed by atoms with Gasteiger partial charge >= 0.3 is 5.69 Å². The second-order valence-corrected chi connectivity index (χ2v) is 20.4. The second kappa shape index (κ2) is 17.3. The van der Waals surface area contributed by atoms with Crippen molar-refractivity contribution >= 4 is 24.5 Å². The Morgan fingerprint density at radius 2 is 1.19 bits per heavy atom. The van der Waals surface area contributed by atoms with Crippen LogP contribution >= 0.6 is 0 Å². The number of anilines is 1. The fraction of sp³-hybridized carbons (Fsp3) is 0.196. The summed E-state index contributed by atoms with van der Waals surface area (Å²) in [6.45, 7) is 7.94. The summed E-state index contributed by atoms with van der Waals surface area (Å²) in [5.74, 6) is 7.26. The van der Waals surface area contributed by atoms with Crippen LogP contribution in [0.1, 0.15) is 49.3 Å². The van der Waals surface area contributed by atoms with Gasteiger partial charge in [0.1, 0.15) is 5.82 Å². The number of hydrogen-bond acceptors (Lipinski definition) is 6. The van der Waals surface area contributed by atoms with Crippen LogP contribution in [0.5, 0.6) is 0 Å². The minimum atomic E-state index is -2.97. The first-order valence-electron chi connectivity index (χ1n) is 20.1. The van der Waals surface area contributed by atoms with Crippen molar-refractivity contribution in [2.45, 2.75) is 43.7 Å². The van der Waals surface area contributed by atoms with Crippen molar-refractivity contribution in [1.82, 2.24) is 14.5 Å². The summed E-state index contributed by atoms with van der Waals surface area (Å²) < 4.78 is 16.2. The van der Waals surface area contributed by atoms with E-state index in [1.165, 1.54) is 10.4 Å². The number of benzene rings is 5. The number of ether oxygens (including phenoxy) is 1. The maximum absolute atomic E-state index is 14.0. The molecule has 2 N–H and O–H groups in total. The fourth-order valence-corrected chi connectivity index (χ4v) is 13.4. The highest BCUT2D eigenvalue weighted by atomic mass is 28.4. The third kappa shape index (κ3) is 7.96. The van der Waals surface area contributed by atoms with Gasteiger partial charge in [0.05, 0.1) is 29.7 Å². The molecule has 1 aromatic heterocycles. The van der Waals surface area contributed by atoms with Crippen LogP contribution in [0.3, 0.4) is 0 Å². The number of rotatable bonds is 10. The lowest BCUT2D eigenvalue weighted by Crippen LogP contribution is -2.67. The highest BCUT2D eigenvalue weighted by molar-refractivity contribution is 6.99. The largest absolute Gasteiger partial charge is 0.405 e. The molecule has 0 unspecified atom stereocenters. The van der Waals surface area contributed by atoms with Crippen molar-refractivity contribution in [3.8, 4) is 11.8 Å². The van der Waals surface area contributed by atoms with Gasteiger partial charge in [0.25, 0.3) is 8.32 Å². The lowest BCUT2D eigenvalue weighted by atomic mass is 9.75. The molecule has 8 rings (SSSR count). The molecule has 295 valence electrons. The minimum absolute atomic E-state index is 0.0803. The Balaban J connectivity index is 1.29. The average molecular weight is 794 g/mol. The number of nitrogen functional groups attached to an aromatic ring is 1. The van der Waals surface area contributed by atoms with Crippen molar-refractivity contribution in [2.24, 2.45) is 0 Å². The molecule has 8 heteroatoms. The van der Waals surface area contributed by atoms with Crippen LogP contribution in [0.4, 0.5) is 5.82 Å². The average Bonchev–Trinajstić information content (AvgIpc) is 3.79. The van der Waals surface area contributed by atoms with Gasteiger partial charge in [-0.2, -0.15) is 4.98 Å². The van der Waals surface area contributed by atoms with Gasteiger partial charge in [0.2, 0.25) is 0 Å². The maximum Gasteiger partial charge on any atom is 0.351 e. The normalized spacial score (nSPS) is 17.9. The molecule has 6 aromatic rings. The zero-order valence-corrected chi connectivity index (χ0v) is 34.7. The molecule has 1 saturated heterocycles. The predicted molar refractivity (Wildman–Crippen MR) is 238 cm³/mol. The molecule has 0 amide bonds. The van der Waals surface area contributed by atoms with Gasteiger partial charge in [-0.05, 0) is 57.8 Å². The van der Waals surface area contributed by atoms with E-state index < -0.39 is 31.9 Å². The van der Waals surface area contributed by atoms with Gasteiger partial charge in [0, 0.05) is 19.3 Å². The molecule has 2 atom stereocenters. The van der Waals surface area contributed by atoms with Crippen molar-refractivity contribution in [3.05, 3.63) is 222 Å². The Labute approximate surface area is 350 Å². The summed E-state index contributed by atoms with van der Waals surface area (Å²) in [7, 11) is -2.97. The molecule has 5 aromatic carbocycles. The summed E-state index contributed by atoms with van der Waals surface area (Å²) >= 11 is 0. The molecule has 0 spiro atoms. The van der Waals surface area contributed by atoms with E-state index >= 15 is 0 Å². The first-order valence-corrected chi connectivity index (χ1v) is 22.1. The number of nitrogens with zero attached hydrogens (tertiary/aromatic N) is 3. The summed E-state index contributed by atoms with van der Waals surface area (Å²) in [6.07, 6.45) is 8.18. The maximum atomic E-state index is 14.0. The van der Waals surface area contributed by atoms with Crippen LogP contribution in [0.2, 0.25) is 5.04 Å². The van der Waals surface area contributed by atoms with Gasteiger partial charge in [-0.25, -0.2) is 4.79 Å². The Hall–Kier alpha value is -5.56. The van der Waals surface area contributed by atoms with E-state index in [4.69, 9.17) is 14.9 Å². The Morgan fingerprint density at radius 1 is 0.712 bits per heavy atom. The van der Waals surface area contributed by atoms with Crippen molar-refractivity contribution in [2.75, 3.05) is 25.4 Å². The molecule has 5 radical (unpaired) electrons. The minimum Gasteiger partial charge on any atom is -0.405 e. The van der Waals surface area contributed by atoms with Crippen molar-refractivity contribution in [1.29, 1.82) is 0 Å². The standard InChI is InChI=1S/C51H49N4O3Si/c1-50(2,3)59(45-29-15-7-16-30-45,46-31-17-8-18-32-46)57-38-44-36-54(37-47(58-44)55-35-40(48(52)53-49(55)56)34-33-39-21-19-20-22-39)51(41-23-9-4-10-24-41,42-25-11-5-12-26-42)43-27-13-6-14-28-43/h4-32,35,44,47H,36-38H2,1-3H3,(H2,52,53,56)/t44-,47+/m0/s1. The molecule has 2 heterocycles. The molecule has 1 saturated carbocycles. The van der Waals surface area contributed by atoms with Gasteiger partial charge in [-0.3, -0.25) is 9.47 Å². The van der Waals surface area contributed by atoms with E-state index in [1.54, 1.807) is 10.8 Å². The molecule has 1 aliphatic heterocycles. The molecular weight excluding hydrogens is 745 g/mol. The third-order valence-corrected chi connectivity index (χ3v) is 16.4. The lowest BCUT2D eigenvalue weighted by molar-refractivity contribution is -0.149. The Bertz CT molecular complexity index is 2290. The van der Waals surface area contributed by atoms with Crippen LogP contribution in [-0.4, -0.2) is 48.6 Å². The zero-order chi connectivity index (χ0) is 40.9. The monoisotopic (exact) mass is 793 g/mol. The SMILES string of the molecule is CC(C)(C)[Si](OC[C@@H]1CN(C(c2ccccc2)(c2ccccc2)c2ccccc2)C[C@H](n2cc(C#C[C]3[CH][CH][CH][CH]3)c(N)nc2=O)O1)(c1ccccc1)c1ccccc1. The van der Waals surface area contributed by atoms with Crippen LogP contribution < -0.4 is 21.8 Å². The second-order valence-electron chi connectivity index (χ2n) is 16.1. The number of aromatic nitrogens is 2. The van der Waals surface area contributed by atoms with Crippen LogP contribution in [0.15, 0.2) is 163 Å². The highest BCUT2D eigenvalue weighted by Crippen LogP contribution is 2.45. The van der Waals surface area contributed by atoms with Gasteiger partial charge < -0.3 is 14.9 Å². The quantitative estimate of drug-likeness (QED) is 0.0888. The van der Waals surface area contributed by atoms with E-state index in [2.05, 4.69) is 176 Å². The Kier molecular flexibility index (Phi) is 11.8. The van der Waals surface area contributed by atoms with Crippen LogP contribution in [0.25, 0.3) is 0 Å². The van der Waals surface area contributed by atoms with Crippen LogP contribution in [0, 0.1) is 43.4 Å². The first-order chi connectivity index (χ1) is 28.7. The number of hydrogen-bond donors (Lipinski definition) is 1. The third-order valence-electron chi connectivity index (χ3n) is 11.4. The molecule has 2 fully saturated rings. The first kappa shape index (κ1) is 40.2. The molecular formula is C51H49N4O3Si. The fourth-order valence-electron chi connectivity index (χ4n) is 8.78. The summed E-state index contributed by atoms with van der Waals surface area (Å²) in [5, 5.41) is 2.11. The van der Waals surface area contributed by atoms with E-state index in [-0.39, 0.29) is 17.5 Å². The summed E-state index contributed by atoms with van der Waals surface area (Å²) in [5.41, 5.74) is 8.80. The number of morpholine rings is 1. The molecule has 59 heavy (non-hydrogen) atoms. The zero-order valence-electron chi connectivity index (χ0n) is 33.7. The van der Waals surface area contributed by atoms with E-state index in [1.807, 2.05) is 43.9 Å². The van der Waals surface area contributed by atoms with Crippen LogP contribution in [-0.2, 0) is 14.7 Å². The molecule has 2 aliphatic rings. The smallest absolute Gasteiger partial charge is 0.351 e. The topological polar surface area (TPSA) is 82.6 Å². The van der Waals surface area contributed by atoms with Gasteiger partial charge in [0.15, 0.2) is 6.23 Å². The molecule has 7 nitrogen and oxygen atoms in total. The van der Waals surface area contributed by atoms with Gasteiger partial charge in [-0.15, -0.1) is 0 Å².